The number of thiophene rings is 1. The van der Waals surface area contributed by atoms with E-state index in [-0.39, 0.29) is 6.61 Å². The first-order valence-corrected chi connectivity index (χ1v) is 11.3. The number of aryl methyl sites for hydroxylation is 1. The topological polar surface area (TPSA) is 77.8 Å². The zero-order valence-corrected chi connectivity index (χ0v) is 19.0. The molecule has 0 fully saturated rings. The fourth-order valence-electron chi connectivity index (χ4n) is 3.37. The molecule has 0 aliphatic rings. The van der Waals surface area contributed by atoms with Crippen LogP contribution in [-0.4, -0.2) is 54.4 Å². The third kappa shape index (κ3) is 5.21. The number of nitrogens with zero attached hydrogens (tertiary/aromatic N) is 2. The van der Waals surface area contributed by atoms with Crippen LogP contribution >= 0.6 is 11.3 Å². The van der Waals surface area contributed by atoms with Gasteiger partial charge in [-0.05, 0) is 47.8 Å². The van der Waals surface area contributed by atoms with Crippen molar-refractivity contribution in [3.63, 3.8) is 0 Å². The van der Waals surface area contributed by atoms with Gasteiger partial charge < -0.3 is 24.6 Å². The lowest BCUT2D eigenvalue weighted by molar-refractivity contribution is 0.105. The monoisotopic (exact) mass is 453 g/mol. The molecule has 0 spiro atoms. The van der Waals surface area contributed by atoms with Crippen LogP contribution in [0.4, 0.5) is 0 Å². The SMILES string of the molecule is COc1ccccc1OCCNCC(O)COc1ccc(-c2nn(C)c3ccsc23)cc1. The van der Waals surface area contributed by atoms with Crippen LogP contribution in [0.5, 0.6) is 17.2 Å². The number of aromatic nitrogens is 2. The lowest BCUT2D eigenvalue weighted by atomic mass is 10.1. The van der Waals surface area contributed by atoms with Crippen molar-refractivity contribution in [1.29, 1.82) is 0 Å². The Hall–Kier alpha value is -3.07. The quantitative estimate of drug-likeness (QED) is 0.337. The van der Waals surface area contributed by atoms with Crippen molar-refractivity contribution in [1.82, 2.24) is 15.1 Å². The van der Waals surface area contributed by atoms with E-state index < -0.39 is 6.10 Å². The summed E-state index contributed by atoms with van der Waals surface area (Å²) in [6.45, 7) is 1.70. The summed E-state index contributed by atoms with van der Waals surface area (Å²) in [6, 6.07) is 17.4. The van der Waals surface area contributed by atoms with Crippen molar-refractivity contribution in [3.05, 3.63) is 60.0 Å². The van der Waals surface area contributed by atoms with Gasteiger partial charge in [0.25, 0.3) is 0 Å². The van der Waals surface area contributed by atoms with Gasteiger partial charge in [-0.1, -0.05) is 12.1 Å². The molecule has 2 aromatic carbocycles. The van der Waals surface area contributed by atoms with E-state index in [1.54, 1.807) is 18.4 Å². The van der Waals surface area contributed by atoms with Crippen molar-refractivity contribution in [2.24, 2.45) is 7.05 Å². The third-order valence-corrected chi connectivity index (χ3v) is 5.92. The molecular formula is C24H27N3O4S. The molecule has 1 atom stereocenters. The lowest BCUT2D eigenvalue weighted by Gasteiger charge is -2.14. The second kappa shape index (κ2) is 10.5. The van der Waals surface area contributed by atoms with Crippen LogP contribution in [0.3, 0.4) is 0 Å². The first kappa shape index (κ1) is 22.1. The minimum atomic E-state index is -0.623. The van der Waals surface area contributed by atoms with Crippen molar-refractivity contribution in [2.45, 2.75) is 6.10 Å². The zero-order chi connectivity index (χ0) is 22.3. The van der Waals surface area contributed by atoms with E-state index >= 15 is 0 Å². The maximum Gasteiger partial charge on any atom is 0.161 e. The van der Waals surface area contributed by atoms with E-state index in [0.717, 1.165) is 16.8 Å². The Morgan fingerprint density at radius 1 is 1.06 bits per heavy atom. The number of hydrogen-bond donors (Lipinski definition) is 2. The van der Waals surface area contributed by atoms with E-state index in [4.69, 9.17) is 14.2 Å². The molecule has 0 amide bonds. The molecule has 8 heteroatoms. The van der Waals surface area contributed by atoms with E-state index in [9.17, 15) is 5.11 Å². The molecule has 2 aromatic heterocycles. The number of methoxy groups -OCH3 is 1. The molecule has 0 aliphatic heterocycles. The smallest absolute Gasteiger partial charge is 0.161 e. The maximum absolute atomic E-state index is 10.2. The average molecular weight is 454 g/mol. The maximum atomic E-state index is 10.2. The van der Waals surface area contributed by atoms with Gasteiger partial charge in [-0.25, -0.2) is 0 Å². The minimum Gasteiger partial charge on any atom is -0.493 e. The van der Waals surface area contributed by atoms with Gasteiger partial charge >= 0.3 is 0 Å². The summed E-state index contributed by atoms with van der Waals surface area (Å²) in [7, 11) is 3.57. The van der Waals surface area contributed by atoms with Crippen molar-refractivity contribution in [2.75, 3.05) is 33.4 Å². The minimum absolute atomic E-state index is 0.207. The fraction of sp³-hybridized carbons (Fsp3) is 0.292. The number of hydrogen-bond acceptors (Lipinski definition) is 7. The molecule has 4 aromatic rings. The molecule has 0 aliphatic carbocycles. The van der Waals surface area contributed by atoms with E-state index in [2.05, 4.69) is 21.9 Å². The van der Waals surface area contributed by atoms with Gasteiger partial charge in [-0.15, -0.1) is 11.3 Å². The Morgan fingerprint density at radius 2 is 1.84 bits per heavy atom. The van der Waals surface area contributed by atoms with Crippen LogP contribution in [0.25, 0.3) is 21.5 Å². The summed E-state index contributed by atoms with van der Waals surface area (Å²) in [6.07, 6.45) is -0.623. The molecule has 4 rings (SSSR count). The number of para-hydroxylation sites is 2. The van der Waals surface area contributed by atoms with E-state index in [0.29, 0.717) is 36.9 Å². The van der Waals surface area contributed by atoms with Crippen molar-refractivity contribution < 1.29 is 19.3 Å². The molecule has 0 saturated carbocycles. The first-order valence-electron chi connectivity index (χ1n) is 10.4. The van der Waals surface area contributed by atoms with Gasteiger partial charge in [0.05, 0.1) is 17.3 Å². The van der Waals surface area contributed by atoms with Crippen LogP contribution in [0.2, 0.25) is 0 Å². The van der Waals surface area contributed by atoms with Gasteiger partial charge in [0.1, 0.15) is 30.8 Å². The zero-order valence-electron chi connectivity index (χ0n) is 18.2. The number of aliphatic hydroxyl groups excluding tert-OH is 1. The molecule has 2 heterocycles. The summed E-state index contributed by atoms with van der Waals surface area (Å²) >= 11 is 1.69. The van der Waals surface area contributed by atoms with Crippen molar-refractivity contribution in [3.8, 4) is 28.5 Å². The third-order valence-electron chi connectivity index (χ3n) is 5.01. The van der Waals surface area contributed by atoms with Gasteiger partial charge in [0.2, 0.25) is 0 Å². The Morgan fingerprint density at radius 3 is 2.62 bits per heavy atom. The van der Waals surface area contributed by atoms with Crippen LogP contribution < -0.4 is 19.5 Å². The summed E-state index contributed by atoms with van der Waals surface area (Å²) in [5.74, 6) is 2.12. The number of ether oxygens (including phenoxy) is 3. The highest BCUT2D eigenvalue weighted by Crippen LogP contribution is 2.32. The molecular weight excluding hydrogens is 426 g/mol. The summed E-state index contributed by atoms with van der Waals surface area (Å²) in [5, 5.41) is 20.0. The van der Waals surface area contributed by atoms with Crippen LogP contribution in [0, 0.1) is 0 Å². The molecule has 2 N–H and O–H groups in total. The largest absolute Gasteiger partial charge is 0.493 e. The molecule has 0 bridgehead atoms. The number of benzene rings is 2. The summed E-state index contributed by atoms with van der Waals surface area (Å²) in [5.41, 5.74) is 3.15. The second-order valence-electron chi connectivity index (χ2n) is 7.30. The summed E-state index contributed by atoms with van der Waals surface area (Å²) < 4.78 is 19.8. The van der Waals surface area contributed by atoms with Gasteiger partial charge in [0.15, 0.2) is 11.5 Å². The van der Waals surface area contributed by atoms with Gasteiger partial charge in [-0.3, -0.25) is 4.68 Å². The number of aliphatic hydroxyl groups is 1. The highest BCUT2D eigenvalue weighted by atomic mass is 32.1. The second-order valence-corrected chi connectivity index (χ2v) is 8.22. The lowest BCUT2D eigenvalue weighted by Crippen LogP contribution is -2.33. The van der Waals surface area contributed by atoms with Gasteiger partial charge in [-0.2, -0.15) is 5.10 Å². The number of nitrogens with one attached hydrogen (secondary N) is 1. The van der Waals surface area contributed by atoms with E-state index in [1.807, 2.05) is 60.3 Å². The van der Waals surface area contributed by atoms with Crippen LogP contribution in [-0.2, 0) is 7.05 Å². The Bertz CT molecular complexity index is 1140. The molecule has 32 heavy (non-hydrogen) atoms. The van der Waals surface area contributed by atoms with Gasteiger partial charge in [0, 0.05) is 25.7 Å². The predicted molar refractivity (Wildman–Crippen MR) is 127 cm³/mol. The molecule has 0 saturated heterocycles. The van der Waals surface area contributed by atoms with Crippen LogP contribution in [0.15, 0.2) is 60.0 Å². The number of fused-ring (bicyclic) bond motifs is 1. The standard InChI is InChI=1S/C24H27N3O4S/c1-27-20-11-14-32-24(20)23(26-27)17-7-9-19(10-8-17)31-16-18(28)15-25-12-13-30-22-6-4-3-5-21(22)29-2/h3-11,14,18,25,28H,12-13,15-16H2,1-2H3. The highest BCUT2D eigenvalue weighted by molar-refractivity contribution is 7.17. The summed E-state index contributed by atoms with van der Waals surface area (Å²) in [4.78, 5) is 0. The first-order chi connectivity index (χ1) is 15.7. The highest BCUT2D eigenvalue weighted by Gasteiger charge is 2.12. The molecule has 7 nitrogen and oxygen atoms in total. The van der Waals surface area contributed by atoms with Crippen LogP contribution in [0.1, 0.15) is 0 Å². The Labute approximate surface area is 191 Å². The molecule has 168 valence electrons. The fourth-order valence-corrected chi connectivity index (χ4v) is 4.30. The van der Waals surface area contributed by atoms with Crippen molar-refractivity contribution >= 4 is 21.6 Å². The normalized spacial score (nSPS) is 12.1. The predicted octanol–water partition coefficient (Wildman–Crippen LogP) is 3.72. The molecule has 0 radical (unpaired) electrons. The Kier molecular flexibility index (Phi) is 7.26. The van der Waals surface area contributed by atoms with E-state index in [1.165, 1.54) is 4.70 Å². The Balaban J connectivity index is 1.19. The number of rotatable bonds is 11. The average Bonchev–Trinajstić information content (AvgIpc) is 3.42. The molecule has 1 unspecified atom stereocenters.